The topological polar surface area (TPSA) is 164 Å². The average Bonchev–Trinajstić information content (AvgIpc) is 3.53. The minimum Gasteiger partial charge on any atom is -0.365 e. The van der Waals surface area contributed by atoms with Crippen LogP contribution in [0.2, 0.25) is 0 Å². The molecule has 0 saturated heterocycles. The standard InChI is InChI=1S/C23H23F3N8O4S/c1-5-32-9-14(12(4)30-32)13-7-15(23(24,25)26)28-22-17(13)18(19(39-22)20(27)35)29-21(36)10(2)8-33-11(3)6-16(31-33)34(37)38/h6-7,9-10H,5,8H2,1-4H3,(H2,27,35)(H,29,36). The van der Waals surface area contributed by atoms with Crippen molar-refractivity contribution in [3.63, 3.8) is 0 Å². The van der Waals surface area contributed by atoms with Crippen LogP contribution in [0.5, 0.6) is 0 Å². The molecule has 16 heteroatoms. The van der Waals surface area contributed by atoms with Crippen molar-refractivity contribution in [3.8, 4) is 11.1 Å². The fraction of sp³-hybridized carbons (Fsp3) is 0.348. The second-order valence-electron chi connectivity index (χ2n) is 8.86. The number of hydrogen-bond donors (Lipinski definition) is 2. The first kappa shape index (κ1) is 27.7. The fourth-order valence-corrected chi connectivity index (χ4v) is 5.06. The van der Waals surface area contributed by atoms with Crippen LogP contribution in [-0.2, 0) is 24.1 Å². The number of nitrogens with one attached hydrogen (secondary N) is 1. The summed E-state index contributed by atoms with van der Waals surface area (Å²) in [6, 6.07) is 2.12. The van der Waals surface area contributed by atoms with Crippen LogP contribution in [0.4, 0.5) is 24.7 Å². The van der Waals surface area contributed by atoms with Gasteiger partial charge >= 0.3 is 12.0 Å². The Morgan fingerprint density at radius 2 is 1.92 bits per heavy atom. The first-order valence-electron chi connectivity index (χ1n) is 11.6. The lowest BCUT2D eigenvalue weighted by molar-refractivity contribution is -0.389. The number of aryl methyl sites for hydroxylation is 3. The highest BCUT2D eigenvalue weighted by atomic mass is 32.1. The van der Waals surface area contributed by atoms with Crippen LogP contribution in [-0.4, -0.2) is 41.3 Å². The maximum Gasteiger partial charge on any atom is 0.433 e. The Kier molecular flexibility index (Phi) is 7.16. The fourth-order valence-electron chi connectivity index (χ4n) is 4.05. The van der Waals surface area contributed by atoms with E-state index in [1.165, 1.54) is 17.7 Å². The molecule has 12 nitrogen and oxygen atoms in total. The van der Waals surface area contributed by atoms with Crippen molar-refractivity contribution in [1.82, 2.24) is 24.5 Å². The molecule has 1 unspecified atom stereocenters. The maximum atomic E-state index is 13.8. The minimum atomic E-state index is -4.78. The van der Waals surface area contributed by atoms with Crippen LogP contribution in [0.25, 0.3) is 21.3 Å². The molecule has 0 spiro atoms. The lowest BCUT2D eigenvalue weighted by atomic mass is 10.0. The Morgan fingerprint density at radius 1 is 1.23 bits per heavy atom. The van der Waals surface area contributed by atoms with E-state index in [0.717, 1.165) is 6.07 Å². The summed E-state index contributed by atoms with van der Waals surface area (Å²) in [6.45, 7) is 7.01. The van der Waals surface area contributed by atoms with E-state index in [9.17, 15) is 32.9 Å². The Bertz CT molecular complexity index is 1620. The SMILES string of the molecule is CCn1cc(-c2cc(C(F)(F)F)nc3sc(C(N)=O)c(NC(=O)C(C)Cn4nc([N+](=O)[O-])cc4C)c23)c(C)n1. The van der Waals surface area contributed by atoms with Gasteiger partial charge in [0.1, 0.15) is 15.4 Å². The molecule has 0 bridgehead atoms. The van der Waals surface area contributed by atoms with Gasteiger partial charge in [-0.15, -0.1) is 11.3 Å². The first-order chi connectivity index (χ1) is 18.2. The smallest absolute Gasteiger partial charge is 0.365 e. The summed E-state index contributed by atoms with van der Waals surface area (Å²) in [4.78, 5) is 39.3. The zero-order chi connectivity index (χ0) is 28.8. The molecular weight excluding hydrogens is 541 g/mol. The van der Waals surface area contributed by atoms with Crippen LogP contribution in [0.1, 0.15) is 40.6 Å². The highest BCUT2D eigenvalue weighted by Crippen LogP contribution is 2.44. The highest BCUT2D eigenvalue weighted by molar-refractivity contribution is 7.21. The Labute approximate surface area is 222 Å². The molecule has 206 valence electrons. The largest absolute Gasteiger partial charge is 0.433 e. The number of fused-ring (bicyclic) bond motifs is 1. The molecule has 0 radical (unpaired) electrons. The number of nitrogens with zero attached hydrogens (tertiary/aromatic N) is 6. The van der Waals surface area contributed by atoms with E-state index in [4.69, 9.17) is 5.73 Å². The van der Waals surface area contributed by atoms with Crippen LogP contribution in [0, 0.1) is 29.9 Å². The number of primary amides is 1. The predicted molar refractivity (Wildman–Crippen MR) is 136 cm³/mol. The number of thiophene rings is 1. The van der Waals surface area contributed by atoms with Gasteiger partial charge in [-0.2, -0.15) is 23.0 Å². The zero-order valence-corrected chi connectivity index (χ0v) is 22.0. The van der Waals surface area contributed by atoms with E-state index in [1.54, 1.807) is 24.7 Å². The Morgan fingerprint density at radius 3 is 2.46 bits per heavy atom. The Balaban J connectivity index is 1.83. The number of hydrogen-bond acceptors (Lipinski definition) is 8. The molecule has 2 amide bonds. The van der Waals surface area contributed by atoms with Crippen LogP contribution >= 0.6 is 11.3 Å². The summed E-state index contributed by atoms with van der Waals surface area (Å²) in [5.41, 5.74) is 5.64. The van der Waals surface area contributed by atoms with Gasteiger partial charge in [-0.05, 0) is 37.3 Å². The van der Waals surface area contributed by atoms with Crippen LogP contribution in [0.3, 0.4) is 0 Å². The molecule has 0 aliphatic rings. The summed E-state index contributed by atoms with van der Waals surface area (Å²) < 4.78 is 44.2. The lowest BCUT2D eigenvalue weighted by Crippen LogP contribution is -2.26. The van der Waals surface area contributed by atoms with Crippen molar-refractivity contribution < 1.29 is 27.7 Å². The van der Waals surface area contributed by atoms with Gasteiger partial charge in [0.05, 0.1) is 40.7 Å². The van der Waals surface area contributed by atoms with Gasteiger partial charge in [0, 0.05) is 23.7 Å². The summed E-state index contributed by atoms with van der Waals surface area (Å²) in [6.07, 6.45) is -3.20. The summed E-state index contributed by atoms with van der Waals surface area (Å²) in [5.74, 6) is -2.75. The molecule has 0 aromatic carbocycles. The van der Waals surface area contributed by atoms with Gasteiger partial charge in [0.15, 0.2) is 0 Å². The van der Waals surface area contributed by atoms with Gasteiger partial charge in [-0.1, -0.05) is 6.92 Å². The number of nitro groups is 1. The third kappa shape index (κ3) is 5.32. The highest BCUT2D eigenvalue weighted by Gasteiger charge is 2.36. The number of pyridine rings is 1. The zero-order valence-electron chi connectivity index (χ0n) is 21.2. The van der Waals surface area contributed by atoms with E-state index in [0.29, 0.717) is 34.8 Å². The molecule has 0 aliphatic carbocycles. The molecule has 1 atom stereocenters. The van der Waals surface area contributed by atoms with Crippen molar-refractivity contribution in [1.29, 1.82) is 0 Å². The van der Waals surface area contributed by atoms with Crippen molar-refractivity contribution in [2.24, 2.45) is 11.7 Å². The number of nitrogens with two attached hydrogens (primary N) is 1. The monoisotopic (exact) mass is 564 g/mol. The summed E-state index contributed by atoms with van der Waals surface area (Å²) in [7, 11) is 0. The van der Waals surface area contributed by atoms with Crippen molar-refractivity contribution in [3.05, 3.63) is 50.4 Å². The van der Waals surface area contributed by atoms with Crippen LogP contribution in [0.15, 0.2) is 18.3 Å². The quantitative estimate of drug-likeness (QED) is 0.238. The number of anilines is 1. The summed E-state index contributed by atoms with van der Waals surface area (Å²) in [5, 5.41) is 22.0. The molecule has 3 N–H and O–H groups in total. The van der Waals surface area contributed by atoms with Gasteiger partial charge in [0.25, 0.3) is 5.91 Å². The molecular formula is C23H23F3N8O4S. The van der Waals surface area contributed by atoms with Gasteiger partial charge in [-0.25, -0.2) is 4.98 Å². The third-order valence-electron chi connectivity index (χ3n) is 6.03. The molecule has 0 aliphatic heterocycles. The number of carbonyl (C=O) groups excluding carboxylic acids is 2. The average molecular weight is 565 g/mol. The van der Waals surface area contributed by atoms with Gasteiger partial charge in [-0.3, -0.25) is 14.3 Å². The molecule has 4 rings (SSSR count). The number of rotatable bonds is 8. The number of amides is 2. The van der Waals surface area contributed by atoms with Crippen LogP contribution < -0.4 is 11.1 Å². The van der Waals surface area contributed by atoms with Gasteiger partial charge in [0.2, 0.25) is 5.91 Å². The van der Waals surface area contributed by atoms with E-state index in [-0.39, 0.29) is 38.7 Å². The first-order valence-corrected chi connectivity index (χ1v) is 12.4. The van der Waals surface area contributed by atoms with E-state index in [1.807, 2.05) is 6.92 Å². The van der Waals surface area contributed by atoms with E-state index >= 15 is 0 Å². The molecule has 0 fully saturated rings. The minimum absolute atomic E-state index is 0.0365. The van der Waals surface area contributed by atoms with E-state index < -0.39 is 34.5 Å². The number of carbonyl (C=O) groups is 2. The molecule has 39 heavy (non-hydrogen) atoms. The number of alkyl halides is 3. The molecule has 4 heterocycles. The second-order valence-corrected chi connectivity index (χ2v) is 9.86. The normalized spacial score (nSPS) is 12.6. The molecule has 4 aromatic heterocycles. The van der Waals surface area contributed by atoms with Crippen molar-refractivity contribution >= 4 is 44.9 Å². The molecule has 4 aromatic rings. The Hall–Kier alpha value is -4.34. The van der Waals surface area contributed by atoms with Crippen molar-refractivity contribution in [2.45, 2.75) is 47.0 Å². The third-order valence-corrected chi connectivity index (χ3v) is 7.13. The summed E-state index contributed by atoms with van der Waals surface area (Å²) >= 11 is 0.636. The maximum absolute atomic E-state index is 13.8. The number of aromatic nitrogens is 5. The van der Waals surface area contributed by atoms with Gasteiger partial charge < -0.3 is 21.2 Å². The predicted octanol–water partition coefficient (Wildman–Crippen LogP) is 4.29. The van der Waals surface area contributed by atoms with E-state index in [2.05, 4.69) is 20.5 Å². The lowest BCUT2D eigenvalue weighted by Gasteiger charge is -2.14. The van der Waals surface area contributed by atoms with Crippen molar-refractivity contribution in [2.75, 3.05) is 5.32 Å². The second kappa shape index (κ2) is 10.1. The molecule has 0 saturated carbocycles. The number of halogens is 3.